The summed E-state index contributed by atoms with van der Waals surface area (Å²) in [6.07, 6.45) is 0.536. The van der Waals surface area contributed by atoms with E-state index in [1.165, 1.54) is 6.07 Å². The summed E-state index contributed by atoms with van der Waals surface area (Å²) in [5.74, 6) is 0. The van der Waals surface area contributed by atoms with E-state index in [-0.39, 0.29) is 5.30 Å². The van der Waals surface area contributed by atoms with Crippen molar-refractivity contribution in [3.05, 3.63) is 29.8 Å². The van der Waals surface area contributed by atoms with Crippen molar-refractivity contribution in [3.63, 3.8) is 0 Å². The molecule has 0 saturated heterocycles. The van der Waals surface area contributed by atoms with Crippen LogP contribution in [0.2, 0.25) is 0 Å². The summed E-state index contributed by atoms with van der Waals surface area (Å²) >= 11 is 0. The van der Waals surface area contributed by atoms with Gasteiger partial charge in [-0.2, -0.15) is 0 Å². The number of carbonyl (C=O) groups is 1. The number of rotatable bonds is 3. The van der Waals surface area contributed by atoms with Gasteiger partial charge < -0.3 is 10.00 Å². The molecule has 0 aliphatic rings. The summed E-state index contributed by atoms with van der Waals surface area (Å²) in [5.41, 5.74) is -1.07. The predicted molar refractivity (Wildman–Crippen MR) is 53.3 cm³/mol. The molecule has 0 spiro atoms. The van der Waals surface area contributed by atoms with E-state index in [1.54, 1.807) is 25.1 Å². The lowest BCUT2D eigenvalue weighted by Gasteiger charge is -2.10. The maximum atomic E-state index is 11.5. The highest BCUT2D eigenvalue weighted by Gasteiger charge is 2.32. The molecule has 76 valence electrons. The van der Waals surface area contributed by atoms with E-state index < -0.39 is 13.1 Å². The standard InChI is InChI=1S/C9H11O4P/c1-2-7-5-3-4-6-8(7)14(12,13)9(10)11/h3-6H,2H2,1H3,(H,10,11)(H,12,13). The Bertz CT molecular complexity index is 400. The minimum absolute atomic E-state index is 0.0231. The van der Waals surface area contributed by atoms with Gasteiger partial charge in [0.25, 0.3) is 0 Å². The zero-order chi connectivity index (χ0) is 10.8. The lowest BCUT2D eigenvalue weighted by molar-refractivity contribution is 0.216. The van der Waals surface area contributed by atoms with Crippen molar-refractivity contribution in [2.75, 3.05) is 0 Å². The van der Waals surface area contributed by atoms with Gasteiger partial charge >= 0.3 is 13.1 Å². The molecule has 1 rings (SSSR count). The van der Waals surface area contributed by atoms with Crippen LogP contribution in [0, 0.1) is 0 Å². The molecule has 0 heterocycles. The Morgan fingerprint density at radius 3 is 2.50 bits per heavy atom. The minimum atomic E-state index is -4.25. The second-order valence-electron chi connectivity index (χ2n) is 2.84. The topological polar surface area (TPSA) is 74.6 Å². The van der Waals surface area contributed by atoms with Crippen molar-refractivity contribution >= 4 is 18.4 Å². The van der Waals surface area contributed by atoms with Crippen LogP contribution in [0.5, 0.6) is 0 Å². The van der Waals surface area contributed by atoms with Gasteiger partial charge in [-0.1, -0.05) is 25.1 Å². The molecular weight excluding hydrogens is 203 g/mol. The first-order valence-electron chi connectivity index (χ1n) is 4.15. The molecule has 1 atom stereocenters. The van der Waals surface area contributed by atoms with Crippen LogP contribution < -0.4 is 5.30 Å². The fourth-order valence-corrected chi connectivity index (χ4v) is 2.32. The van der Waals surface area contributed by atoms with Crippen LogP contribution in [0.3, 0.4) is 0 Å². The van der Waals surface area contributed by atoms with Crippen LogP contribution in [0.4, 0.5) is 4.79 Å². The summed E-state index contributed by atoms with van der Waals surface area (Å²) < 4.78 is 11.5. The van der Waals surface area contributed by atoms with Crippen molar-refractivity contribution < 1.29 is 19.4 Å². The SMILES string of the molecule is CCc1ccccc1P(=O)(O)C(=O)O. The maximum Gasteiger partial charge on any atom is 0.393 e. The Kier molecular flexibility index (Phi) is 3.09. The van der Waals surface area contributed by atoms with Gasteiger partial charge in [-0.25, -0.2) is 4.79 Å². The highest BCUT2D eigenvalue weighted by atomic mass is 31.2. The maximum absolute atomic E-state index is 11.5. The van der Waals surface area contributed by atoms with Crippen molar-refractivity contribution in [2.45, 2.75) is 13.3 Å². The number of aryl methyl sites for hydroxylation is 1. The molecule has 2 N–H and O–H groups in total. The van der Waals surface area contributed by atoms with Crippen LogP contribution in [0.25, 0.3) is 0 Å². The number of hydrogen-bond acceptors (Lipinski definition) is 2. The molecule has 0 aromatic heterocycles. The number of carboxylic acid groups (broad SMARTS) is 1. The van der Waals surface area contributed by atoms with E-state index in [9.17, 15) is 14.3 Å². The smallest absolute Gasteiger partial charge is 0.393 e. The number of hydrogen-bond donors (Lipinski definition) is 2. The molecule has 1 unspecified atom stereocenters. The van der Waals surface area contributed by atoms with Crippen LogP contribution >= 0.6 is 7.37 Å². The van der Waals surface area contributed by atoms with Gasteiger partial charge in [0.05, 0.1) is 5.30 Å². The van der Waals surface area contributed by atoms with Gasteiger partial charge in [-0.3, -0.25) is 4.57 Å². The normalized spacial score (nSPS) is 14.7. The monoisotopic (exact) mass is 214 g/mol. The summed E-state index contributed by atoms with van der Waals surface area (Å²) in [4.78, 5) is 19.9. The summed E-state index contributed by atoms with van der Waals surface area (Å²) in [6, 6.07) is 6.30. The molecule has 0 aliphatic carbocycles. The number of benzene rings is 1. The van der Waals surface area contributed by atoms with Crippen LogP contribution in [-0.2, 0) is 11.0 Å². The summed E-state index contributed by atoms with van der Waals surface area (Å²) in [5, 5.41) is 8.62. The Balaban J connectivity index is 3.32. The van der Waals surface area contributed by atoms with Crippen LogP contribution in [0.15, 0.2) is 24.3 Å². The van der Waals surface area contributed by atoms with Gasteiger partial charge in [0.1, 0.15) is 0 Å². The average Bonchev–Trinajstić information content (AvgIpc) is 2.17. The van der Waals surface area contributed by atoms with Crippen molar-refractivity contribution in [2.24, 2.45) is 0 Å². The highest BCUT2D eigenvalue weighted by molar-refractivity contribution is 7.81. The molecule has 0 aliphatic heterocycles. The third-order valence-corrected chi connectivity index (χ3v) is 3.57. The van der Waals surface area contributed by atoms with Crippen molar-refractivity contribution in [1.82, 2.24) is 0 Å². The van der Waals surface area contributed by atoms with E-state index >= 15 is 0 Å². The lowest BCUT2D eigenvalue weighted by atomic mass is 10.2. The second-order valence-corrected chi connectivity index (χ2v) is 4.86. The molecule has 1 aromatic rings. The molecular formula is C9H11O4P. The Labute approximate surface area is 81.7 Å². The fourth-order valence-electron chi connectivity index (χ4n) is 1.21. The zero-order valence-corrected chi connectivity index (χ0v) is 8.57. The zero-order valence-electron chi connectivity index (χ0n) is 7.67. The molecule has 1 aromatic carbocycles. The van der Waals surface area contributed by atoms with Crippen LogP contribution in [-0.4, -0.2) is 15.7 Å². The third kappa shape index (κ3) is 1.86. The van der Waals surface area contributed by atoms with E-state index in [2.05, 4.69) is 0 Å². The van der Waals surface area contributed by atoms with Gasteiger partial charge in [0, 0.05) is 0 Å². The highest BCUT2D eigenvalue weighted by Crippen LogP contribution is 2.40. The van der Waals surface area contributed by atoms with Gasteiger partial charge in [-0.15, -0.1) is 0 Å². The van der Waals surface area contributed by atoms with Crippen LogP contribution in [0.1, 0.15) is 12.5 Å². The first-order valence-corrected chi connectivity index (χ1v) is 5.81. The van der Waals surface area contributed by atoms with Gasteiger partial charge in [0.15, 0.2) is 0 Å². The molecule has 0 fully saturated rings. The van der Waals surface area contributed by atoms with Gasteiger partial charge in [-0.05, 0) is 18.1 Å². The third-order valence-electron chi connectivity index (χ3n) is 1.96. The second kappa shape index (κ2) is 3.95. The molecule has 14 heavy (non-hydrogen) atoms. The Hall–Kier alpha value is -1.12. The quantitative estimate of drug-likeness (QED) is 0.752. The van der Waals surface area contributed by atoms with E-state index in [1.807, 2.05) is 0 Å². The molecule has 0 bridgehead atoms. The minimum Gasteiger partial charge on any atom is -0.474 e. The largest absolute Gasteiger partial charge is 0.474 e. The van der Waals surface area contributed by atoms with Crippen molar-refractivity contribution in [1.29, 1.82) is 0 Å². The lowest BCUT2D eigenvalue weighted by Crippen LogP contribution is -2.15. The average molecular weight is 214 g/mol. The van der Waals surface area contributed by atoms with Gasteiger partial charge in [0.2, 0.25) is 0 Å². The summed E-state index contributed by atoms with van der Waals surface area (Å²) in [7, 11) is -4.25. The predicted octanol–water partition coefficient (Wildman–Crippen LogP) is 1.82. The Morgan fingerprint density at radius 1 is 1.43 bits per heavy atom. The molecule has 5 heteroatoms. The Morgan fingerprint density at radius 2 is 2.00 bits per heavy atom. The summed E-state index contributed by atoms with van der Waals surface area (Å²) in [6.45, 7) is 1.81. The van der Waals surface area contributed by atoms with E-state index in [0.717, 1.165) is 0 Å². The van der Waals surface area contributed by atoms with E-state index in [0.29, 0.717) is 12.0 Å². The molecule has 0 radical (unpaired) electrons. The fraction of sp³-hybridized carbons (Fsp3) is 0.222. The van der Waals surface area contributed by atoms with Crippen molar-refractivity contribution in [3.8, 4) is 0 Å². The molecule has 4 nitrogen and oxygen atoms in total. The molecule has 0 amide bonds. The van der Waals surface area contributed by atoms with E-state index in [4.69, 9.17) is 5.11 Å². The first-order chi connectivity index (χ1) is 6.50. The first kappa shape index (κ1) is 11.0. The molecule has 0 saturated carbocycles.